The van der Waals surface area contributed by atoms with Crippen molar-refractivity contribution >= 4 is 17.3 Å². The molecule has 0 aliphatic rings. The van der Waals surface area contributed by atoms with Crippen LogP contribution in [0, 0.1) is 11.3 Å². The van der Waals surface area contributed by atoms with E-state index in [0.29, 0.717) is 29.2 Å². The monoisotopic (exact) mass is 367 g/mol. The summed E-state index contributed by atoms with van der Waals surface area (Å²) >= 11 is 0. The van der Waals surface area contributed by atoms with E-state index in [1.54, 1.807) is 30.3 Å². The second-order valence-electron chi connectivity index (χ2n) is 5.94. The number of nitrogens with zero attached hydrogens (tertiary/aromatic N) is 2. The van der Waals surface area contributed by atoms with Crippen LogP contribution in [0.4, 0.5) is 11.4 Å². The van der Waals surface area contributed by atoms with E-state index in [-0.39, 0.29) is 0 Å². The Morgan fingerprint density at radius 3 is 2.37 bits per heavy atom. The van der Waals surface area contributed by atoms with Crippen LogP contribution in [0.15, 0.2) is 42.5 Å². The number of benzene rings is 2. The zero-order valence-electron chi connectivity index (χ0n) is 15.9. The summed E-state index contributed by atoms with van der Waals surface area (Å²) in [6.45, 7) is 8.21. The molecule has 0 spiro atoms. The number of rotatable bonds is 9. The average molecular weight is 367 g/mol. The first-order valence-electron chi connectivity index (χ1n) is 9.05. The number of carboxylic acids is 1. The first-order valence-corrected chi connectivity index (χ1v) is 9.05. The highest BCUT2D eigenvalue weighted by molar-refractivity contribution is 5.80. The molecular weight excluding hydrogens is 342 g/mol. The van der Waals surface area contributed by atoms with Gasteiger partial charge in [0, 0.05) is 18.8 Å². The molecular formula is C21H25N3O3. The third kappa shape index (κ3) is 4.91. The Morgan fingerprint density at radius 1 is 1.19 bits per heavy atom. The normalized spacial score (nSPS) is 11.3. The molecule has 2 N–H and O–H groups in total. The average Bonchev–Trinajstić information content (AvgIpc) is 2.68. The number of nitriles is 1. The smallest absolute Gasteiger partial charge is 0.330 e. The summed E-state index contributed by atoms with van der Waals surface area (Å²) in [5, 5.41) is 21.6. The van der Waals surface area contributed by atoms with Gasteiger partial charge in [0.25, 0.3) is 0 Å². The molecule has 0 amide bonds. The van der Waals surface area contributed by atoms with Crippen molar-refractivity contribution in [2.75, 3.05) is 29.9 Å². The zero-order chi connectivity index (χ0) is 19.8. The van der Waals surface area contributed by atoms with Gasteiger partial charge in [-0.1, -0.05) is 6.07 Å². The van der Waals surface area contributed by atoms with Gasteiger partial charge in [-0.2, -0.15) is 5.26 Å². The van der Waals surface area contributed by atoms with Crippen molar-refractivity contribution in [1.29, 1.82) is 5.26 Å². The maximum Gasteiger partial charge on any atom is 0.330 e. The number of aliphatic carboxylic acids is 1. The van der Waals surface area contributed by atoms with Crippen LogP contribution >= 0.6 is 0 Å². The topological polar surface area (TPSA) is 85.6 Å². The Hall–Kier alpha value is -3.20. The lowest BCUT2D eigenvalue weighted by atomic mass is 10.0. The summed E-state index contributed by atoms with van der Waals surface area (Å²) in [5.41, 5.74) is 2.71. The lowest BCUT2D eigenvalue weighted by molar-refractivity contribution is -0.138. The van der Waals surface area contributed by atoms with Crippen LogP contribution in [-0.2, 0) is 4.79 Å². The van der Waals surface area contributed by atoms with E-state index in [4.69, 9.17) is 10.00 Å². The molecule has 0 fully saturated rings. The Labute approximate surface area is 160 Å². The Morgan fingerprint density at radius 2 is 1.85 bits per heavy atom. The molecule has 1 unspecified atom stereocenters. The molecule has 142 valence electrons. The highest BCUT2D eigenvalue weighted by atomic mass is 16.5. The van der Waals surface area contributed by atoms with E-state index in [1.165, 1.54) is 0 Å². The van der Waals surface area contributed by atoms with Crippen molar-refractivity contribution in [3.63, 3.8) is 0 Å². The summed E-state index contributed by atoms with van der Waals surface area (Å²) in [6, 6.07) is 13.3. The molecule has 0 radical (unpaired) electrons. The number of carboxylic acid groups (broad SMARTS) is 1. The molecule has 0 aliphatic heterocycles. The summed E-state index contributed by atoms with van der Waals surface area (Å²) in [4.78, 5) is 14.0. The zero-order valence-corrected chi connectivity index (χ0v) is 15.9. The van der Waals surface area contributed by atoms with Gasteiger partial charge in [-0.3, -0.25) is 0 Å². The third-order valence-corrected chi connectivity index (χ3v) is 4.29. The van der Waals surface area contributed by atoms with Crippen molar-refractivity contribution in [1.82, 2.24) is 0 Å². The molecule has 0 heterocycles. The molecule has 6 nitrogen and oxygen atoms in total. The predicted octanol–water partition coefficient (Wildman–Crippen LogP) is 4.04. The lowest BCUT2D eigenvalue weighted by Gasteiger charge is -2.25. The first-order chi connectivity index (χ1) is 13.0. The Balaban J connectivity index is 2.36. The number of nitrogens with one attached hydrogen (secondary N) is 1. The molecule has 2 aromatic carbocycles. The molecule has 0 aliphatic carbocycles. The fourth-order valence-corrected chi connectivity index (χ4v) is 2.90. The van der Waals surface area contributed by atoms with E-state index < -0.39 is 12.0 Å². The fraction of sp³-hybridized carbons (Fsp3) is 0.333. The fourth-order valence-electron chi connectivity index (χ4n) is 2.90. The minimum absolute atomic E-state index is 0.499. The standard InChI is InChI=1S/C21H25N3O3/c1-4-24(5-2)18-12-9-16(13-19(18)27-6-3)20(21(25)26)23-17-10-7-15(14-22)8-11-17/h7-13,20,23H,4-6H2,1-3H3,(H,25,26). The molecule has 6 heteroatoms. The van der Waals surface area contributed by atoms with Gasteiger partial charge < -0.3 is 20.1 Å². The minimum atomic E-state index is -0.989. The van der Waals surface area contributed by atoms with Crippen molar-refractivity contribution in [2.24, 2.45) is 0 Å². The highest BCUT2D eigenvalue weighted by Gasteiger charge is 2.22. The molecule has 0 aromatic heterocycles. The number of hydrogen-bond donors (Lipinski definition) is 2. The van der Waals surface area contributed by atoms with E-state index in [9.17, 15) is 9.90 Å². The maximum absolute atomic E-state index is 11.9. The maximum atomic E-state index is 11.9. The number of carbonyl (C=O) groups is 1. The third-order valence-electron chi connectivity index (χ3n) is 4.29. The van der Waals surface area contributed by atoms with Crippen molar-refractivity contribution in [3.05, 3.63) is 53.6 Å². The molecule has 0 saturated heterocycles. The number of anilines is 2. The van der Waals surface area contributed by atoms with Crippen molar-refractivity contribution in [2.45, 2.75) is 26.8 Å². The largest absolute Gasteiger partial charge is 0.492 e. The summed E-state index contributed by atoms with van der Waals surface area (Å²) < 4.78 is 5.77. The molecule has 0 saturated carbocycles. The van der Waals surface area contributed by atoms with Crippen molar-refractivity contribution < 1.29 is 14.6 Å². The van der Waals surface area contributed by atoms with Gasteiger partial charge in [-0.25, -0.2) is 4.79 Å². The number of ether oxygens (including phenoxy) is 1. The molecule has 27 heavy (non-hydrogen) atoms. The Kier molecular flexibility index (Phi) is 7.07. The minimum Gasteiger partial charge on any atom is -0.492 e. The quantitative estimate of drug-likeness (QED) is 0.696. The predicted molar refractivity (Wildman–Crippen MR) is 106 cm³/mol. The second-order valence-corrected chi connectivity index (χ2v) is 5.94. The van der Waals surface area contributed by atoms with Crippen LogP contribution in [0.3, 0.4) is 0 Å². The Bertz CT molecular complexity index is 808. The summed E-state index contributed by atoms with van der Waals surface area (Å²) in [5.74, 6) is -0.316. The van der Waals surface area contributed by atoms with Crippen LogP contribution in [0.2, 0.25) is 0 Å². The van der Waals surface area contributed by atoms with Gasteiger partial charge >= 0.3 is 5.97 Å². The molecule has 2 rings (SSSR count). The first kappa shape index (κ1) is 20.1. The molecule has 0 bridgehead atoms. The SMILES string of the molecule is CCOc1cc(C(Nc2ccc(C#N)cc2)C(=O)O)ccc1N(CC)CC. The summed E-state index contributed by atoms with van der Waals surface area (Å²) in [6.07, 6.45) is 0. The van der Waals surface area contributed by atoms with E-state index in [0.717, 1.165) is 18.8 Å². The van der Waals surface area contributed by atoms with E-state index >= 15 is 0 Å². The van der Waals surface area contributed by atoms with E-state index in [1.807, 2.05) is 25.1 Å². The lowest BCUT2D eigenvalue weighted by Crippen LogP contribution is -2.24. The van der Waals surface area contributed by atoms with E-state index in [2.05, 4.69) is 24.1 Å². The van der Waals surface area contributed by atoms with Gasteiger partial charge in [0.05, 0.1) is 23.9 Å². The second kappa shape index (κ2) is 9.48. The van der Waals surface area contributed by atoms with Crippen LogP contribution in [0.5, 0.6) is 5.75 Å². The van der Waals surface area contributed by atoms with Crippen molar-refractivity contribution in [3.8, 4) is 11.8 Å². The molecule has 2 aromatic rings. The van der Waals surface area contributed by atoms with Gasteiger partial charge in [0.1, 0.15) is 5.75 Å². The van der Waals surface area contributed by atoms with Crippen LogP contribution < -0.4 is 15.0 Å². The van der Waals surface area contributed by atoms with Crippen LogP contribution in [0.1, 0.15) is 37.9 Å². The number of hydrogen-bond acceptors (Lipinski definition) is 5. The molecule has 1 atom stereocenters. The van der Waals surface area contributed by atoms with Gasteiger partial charge in [-0.15, -0.1) is 0 Å². The van der Waals surface area contributed by atoms with Gasteiger partial charge in [-0.05, 0) is 62.7 Å². The van der Waals surface area contributed by atoms with Crippen LogP contribution in [0.25, 0.3) is 0 Å². The van der Waals surface area contributed by atoms with Crippen LogP contribution in [-0.4, -0.2) is 30.8 Å². The highest BCUT2D eigenvalue weighted by Crippen LogP contribution is 2.33. The van der Waals surface area contributed by atoms with Gasteiger partial charge in [0.2, 0.25) is 0 Å². The van der Waals surface area contributed by atoms with Gasteiger partial charge in [0.15, 0.2) is 6.04 Å². The summed E-state index contributed by atoms with van der Waals surface area (Å²) in [7, 11) is 0.